The molecule has 1 aromatic heterocycles. The summed E-state index contributed by atoms with van der Waals surface area (Å²) in [6.45, 7) is 8.67. The largest absolute Gasteiger partial charge is 0.480 e. The van der Waals surface area contributed by atoms with Crippen molar-refractivity contribution in [3.05, 3.63) is 39.7 Å². The highest BCUT2D eigenvalue weighted by Crippen LogP contribution is 2.29. The molecule has 0 aliphatic rings. The summed E-state index contributed by atoms with van der Waals surface area (Å²) in [5.41, 5.74) is 1.47. The Bertz CT molecular complexity index is 915. The third-order valence-corrected chi connectivity index (χ3v) is 4.48. The Labute approximate surface area is 157 Å². The van der Waals surface area contributed by atoms with E-state index in [9.17, 15) is 19.5 Å². The van der Waals surface area contributed by atoms with Gasteiger partial charge in [0, 0.05) is 17.0 Å². The first-order valence-corrected chi connectivity index (χ1v) is 8.91. The minimum Gasteiger partial charge on any atom is -0.480 e. The first-order valence-electron chi connectivity index (χ1n) is 8.91. The Morgan fingerprint density at radius 2 is 1.93 bits per heavy atom. The van der Waals surface area contributed by atoms with Crippen molar-refractivity contribution in [2.45, 2.75) is 53.2 Å². The maximum absolute atomic E-state index is 12.3. The average molecular weight is 375 g/mol. The molecule has 0 radical (unpaired) electrons. The summed E-state index contributed by atoms with van der Waals surface area (Å²) >= 11 is 0. The highest BCUT2D eigenvalue weighted by Gasteiger charge is 2.27. The Morgan fingerprint density at radius 3 is 2.48 bits per heavy atom. The van der Waals surface area contributed by atoms with Gasteiger partial charge in [-0.05, 0) is 43.9 Å². The second-order valence-electron chi connectivity index (χ2n) is 6.84. The van der Waals surface area contributed by atoms with Crippen LogP contribution in [-0.2, 0) is 16.0 Å². The maximum Gasteiger partial charge on any atom is 0.336 e. The molecule has 0 saturated carbocycles. The first kappa shape index (κ1) is 20.5. The third-order valence-electron chi connectivity index (χ3n) is 4.48. The lowest BCUT2D eigenvalue weighted by Crippen LogP contribution is -2.48. The van der Waals surface area contributed by atoms with E-state index in [1.165, 1.54) is 13.0 Å². The summed E-state index contributed by atoms with van der Waals surface area (Å²) in [5.74, 6) is -1.48. The Balaban J connectivity index is 2.27. The van der Waals surface area contributed by atoms with Crippen LogP contribution in [0.3, 0.4) is 0 Å². The average Bonchev–Trinajstić information content (AvgIpc) is 2.60. The van der Waals surface area contributed by atoms with E-state index in [1.54, 1.807) is 32.9 Å². The molecule has 2 rings (SSSR count). The van der Waals surface area contributed by atoms with Crippen LogP contribution in [-0.4, -0.2) is 29.1 Å². The lowest BCUT2D eigenvalue weighted by molar-refractivity contribution is -0.144. The van der Waals surface area contributed by atoms with E-state index >= 15 is 0 Å². The van der Waals surface area contributed by atoms with Crippen molar-refractivity contribution < 1.29 is 23.8 Å². The minimum absolute atomic E-state index is 0.261. The number of hydrogen-bond donors (Lipinski definition) is 2. The number of aliphatic carboxylic acids is 1. The van der Waals surface area contributed by atoms with E-state index in [2.05, 4.69) is 5.32 Å². The molecule has 0 saturated heterocycles. The summed E-state index contributed by atoms with van der Waals surface area (Å²) in [5, 5.41) is 12.5. The highest BCUT2D eigenvalue weighted by atomic mass is 16.5. The zero-order valence-electron chi connectivity index (χ0n) is 16.2. The number of fused-ring (bicyclic) bond motifs is 1. The van der Waals surface area contributed by atoms with Crippen LogP contribution in [0, 0.1) is 12.8 Å². The number of rotatable bonds is 7. The number of carboxylic acids is 1. The van der Waals surface area contributed by atoms with Crippen molar-refractivity contribution in [3.63, 3.8) is 0 Å². The van der Waals surface area contributed by atoms with Crippen LogP contribution in [0.15, 0.2) is 27.4 Å². The van der Waals surface area contributed by atoms with Crippen molar-refractivity contribution in [3.8, 4) is 5.75 Å². The number of hydrogen-bond acceptors (Lipinski definition) is 5. The zero-order valence-corrected chi connectivity index (χ0v) is 16.2. The molecule has 2 N–H and O–H groups in total. The van der Waals surface area contributed by atoms with Crippen LogP contribution in [0.1, 0.15) is 38.8 Å². The second kappa shape index (κ2) is 8.24. The number of carbonyl (C=O) groups is 2. The number of ether oxygens (including phenoxy) is 1. The molecule has 0 fully saturated rings. The third kappa shape index (κ3) is 4.48. The lowest BCUT2D eigenvalue weighted by Gasteiger charge is -2.22. The van der Waals surface area contributed by atoms with Crippen LogP contribution in [0.5, 0.6) is 5.75 Å². The van der Waals surface area contributed by atoms with Gasteiger partial charge < -0.3 is 19.6 Å². The normalized spacial score (nSPS) is 13.4. The van der Waals surface area contributed by atoms with Crippen molar-refractivity contribution in [1.82, 2.24) is 5.32 Å². The topological polar surface area (TPSA) is 106 Å². The minimum atomic E-state index is -1.10. The number of carbonyl (C=O) groups excluding carboxylic acids is 1. The van der Waals surface area contributed by atoms with Gasteiger partial charge in [-0.2, -0.15) is 0 Å². The fourth-order valence-electron chi connectivity index (χ4n) is 2.86. The van der Waals surface area contributed by atoms with Gasteiger partial charge in [0.05, 0.1) is 0 Å². The molecule has 2 aromatic rings. The predicted octanol–water partition coefficient (Wildman–Crippen LogP) is 2.66. The number of benzene rings is 1. The lowest BCUT2D eigenvalue weighted by atomic mass is 10.0. The molecular weight excluding hydrogens is 350 g/mol. The van der Waals surface area contributed by atoms with Gasteiger partial charge in [-0.25, -0.2) is 9.59 Å². The summed E-state index contributed by atoms with van der Waals surface area (Å²) in [6.07, 6.45) is -0.227. The van der Waals surface area contributed by atoms with E-state index in [0.29, 0.717) is 23.3 Å². The Morgan fingerprint density at radius 1 is 1.26 bits per heavy atom. The SMILES string of the molecule is CCc1cc(=O)oc2c(C)c(O[C@@H](C)C(=O)N[C@H](C(=O)O)C(C)C)ccc12. The molecule has 0 spiro atoms. The van der Waals surface area contributed by atoms with E-state index in [0.717, 1.165) is 10.9 Å². The van der Waals surface area contributed by atoms with Crippen LogP contribution in [0.2, 0.25) is 0 Å². The van der Waals surface area contributed by atoms with E-state index in [-0.39, 0.29) is 5.92 Å². The molecule has 0 aliphatic carbocycles. The number of amides is 1. The molecule has 7 nitrogen and oxygen atoms in total. The molecule has 0 bridgehead atoms. The summed E-state index contributed by atoms with van der Waals surface area (Å²) < 4.78 is 11.1. The van der Waals surface area contributed by atoms with Gasteiger partial charge >= 0.3 is 11.6 Å². The first-order chi connectivity index (χ1) is 12.6. The molecule has 1 aromatic carbocycles. The molecule has 0 aliphatic heterocycles. The summed E-state index contributed by atoms with van der Waals surface area (Å²) in [6, 6.07) is 3.98. The standard InChI is InChI=1S/C20H25NO6/c1-6-13-9-16(22)27-18-11(4)15(8-7-14(13)18)26-12(5)19(23)21-17(10(2)3)20(24)25/h7-10,12,17H,6H2,1-5H3,(H,21,23)(H,24,25)/t12-,17-/m0/s1. The quantitative estimate of drug-likeness (QED) is 0.721. The maximum atomic E-state index is 12.3. The van der Waals surface area contributed by atoms with E-state index in [1.807, 2.05) is 6.92 Å². The molecule has 0 unspecified atom stereocenters. The van der Waals surface area contributed by atoms with Gasteiger partial charge in [-0.1, -0.05) is 20.8 Å². The van der Waals surface area contributed by atoms with Crippen LogP contribution in [0.25, 0.3) is 11.0 Å². The van der Waals surface area contributed by atoms with E-state index in [4.69, 9.17) is 9.15 Å². The van der Waals surface area contributed by atoms with Crippen molar-refractivity contribution in [1.29, 1.82) is 0 Å². The van der Waals surface area contributed by atoms with Gasteiger partial charge in [0.2, 0.25) is 0 Å². The van der Waals surface area contributed by atoms with Crippen molar-refractivity contribution in [2.24, 2.45) is 5.92 Å². The van der Waals surface area contributed by atoms with Gasteiger partial charge in [-0.3, -0.25) is 4.79 Å². The molecule has 1 amide bonds. The highest BCUT2D eigenvalue weighted by molar-refractivity contribution is 5.87. The van der Waals surface area contributed by atoms with Crippen LogP contribution < -0.4 is 15.7 Å². The zero-order chi connectivity index (χ0) is 20.3. The molecular formula is C20H25NO6. The predicted molar refractivity (Wildman–Crippen MR) is 101 cm³/mol. The Kier molecular flexibility index (Phi) is 6.25. The second-order valence-corrected chi connectivity index (χ2v) is 6.84. The number of nitrogens with one attached hydrogen (secondary N) is 1. The molecule has 27 heavy (non-hydrogen) atoms. The molecule has 146 valence electrons. The van der Waals surface area contributed by atoms with E-state index < -0.39 is 29.6 Å². The van der Waals surface area contributed by atoms with Gasteiger partial charge in [-0.15, -0.1) is 0 Å². The van der Waals surface area contributed by atoms with Gasteiger partial charge in [0.25, 0.3) is 5.91 Å². The molecule has 7 heteroatoms. The monoisotopic (exact) mass is 375 g/mol. The van der Waals surface area contributed by atoms with Gasteiger partial charge in [0.15, 0.2) is 6.10 Å². The molecule has 2 atom stereocenters. The Hall–Kier alpha value is -2.83. The number of aryl methyl sites for hydroxylation is 2. The van der Waals surface area contributed by atoms with Crippen molar-refractivity contribution in [2.75, 3.05) is 0 Å². The van der Waals surface area contributed by atoms with Crippen molar-refractivity contribution >= 4 is 22.8 Å². The van der Waals surface area contributed by atoms with Crippen LogP contribution >= 0.6 is 0 Å². The summed E-state index contributed by atoms with van der Waals surface area (Å²) in [4.78, 5) is 35.4. The fraction of sp³-hybridized carbons (Fsp3) is 0.450. The van der Waals surface area contributed by atoms with Gasteiger partial charge in [0.1, 0.15) is 17.4 Å². The summed E-state index contributed by atoms with van der Waals surface area (Å²) in [7, 11) is 0. The molecule has 1 heterocycles. The smallest absolute Gasteiger partial charge is 0.336 e. The van der Waals surface area contributed by atoms with Crippen LogP contribution in [0.4, 0.5) is 0 Å². The number of carboxylic acid groups (broad SMARTS) is 1. The fourth-order valence-corrected chi connectivity index (χ4v) is 2.86.